The molecule has 1 aromatic heterocycles. The second-order valence-corrected chi connectivity index (χ2v) is 4.45. The first-order valence-corrected chi connectivity index (χ1v) is 6.28. The van der Waals surface area contributed by atoms with Crippen LogP contribution in [0, 0.1) is 11.8 Å². The summed E-state index contributed by atoms with van der Waals surface area (Å²) in [6.45, 7) is 2.08. The lowest BCUT2D eigenvalue weighted by molar-refractivity contribution is -0.125. The lowest BCUT2D eigenvalue weighted by Gasteiger charge is -2.04. The average molecular weight is 265 g/mol. The van der Waals surface area contributed by atoms with E-state index in [0.717, 1.165) is 10.4 Å². The molecule has 6 heteroatoms. The van der Waals surface area contributed by atoms with Gasteiger partial charge in [0.2, 0.25) is 11.8 Å². The van der Waals surface area contributed by atoms with Crippen molar-refractivity contribution < 1.29 is 9.59 Å². The zero-order valence-electron chi connectivity index (χ0n) is 10.1. The van der Waals surface area contributed by atoms with E-state index in [2.05, 4.69) is 22.5 Å². The maximum absolute atomic E-state index is 11.4. The molecular formula is C12H15N3O2S. The van der Waals surface area contributed by atoms with Crippen molar-refractivity contribution in [3.8, 4) is 11.8 Å². The van der Waals surface area contributed by atoms with Crippen molar-refractivity contribution in [2.75, 3.05) is 13.1 Å². The van der Waals surface area contributed by atoms with E-state index in [-0.39, 0.29) is 18.4 Å². The van der Waals surface area contributed by atoms with Gasteiger partial charge in [0.1, 0.15) is 0 Å². The van der Waals surface area contributed by atoms with Gasteiger partial charge in [-0.3, -0.25) is 9.59 Å². The number of thiophene rings is 1. The van der Waals surface area contributed by atoms with Crippen molar-refractivity contribution in [3.05, 3.63) is 21.9 Å². The molecule has 1 rings (SSSR count). The number of carbonyl (C=O) groups excluding carboxylic acids is 2. The first-order valence-electron chi connectivity index (χ1n) is 5.40. The molecule has 96 valence electrons. The molecule has 0 saturated carbocycles. The molecule has 0 unspecified atom stereocenters. The van der Waals surface area contributed by atoms with Crippen molar-refractivity contribution in [2.24, 2.45) is 5.73 Å². The number of hydrogen-bond acceptors (Lipinski definition) is 4. The highest BCUT2D eigenvalue weighted by atomic mass is 32.1. The van der Waals surface area contributed by atoms with Crippen molar-refractivity contribution in [3.63, 3.8) is 0 Å². The second-order valence-electron chi connectivity index (χ2n) is 3.45. The molecule has 5 nitrogen and oxygen atoms in total. The van der Waals surface area contributed by atoms with Gasteiger partial charge in [0.25, 0.3) is 0 Å². The fourth-order valence-electron chi connectivity index (χ4n) is 1.18. The largest absolute Gasteiger partial charge is 0.350 e. The summed E-state index contributed by atoms with van der Waals surface area (Å²) in [5, 5.41) is 7.06. The van der Waals surface area contributed by atoms with Gasteiger partial charge in [-0.25, -0.2) is 0 Å². The first-order chi connectivity index (χ1) is 8.63. The van der Waals surface area contributed by atoms with Crippen molar-refractivity contribution in [1.82, 2.24) is 10.6 Å². The molecule has 2 amide bonds. The summed E-state index contributed by atoms with van der Waals surface area (Å²) in [5.41, 5.74) is 6.18. The maximum atomic E-state index is 11.4. The Morgan fingerprint density at radius 1 is 1.44 bits per heavy atom. The van der Waals surface area contributed by atoms with Gasteiger partial charge in [-0.05, 0) is 11.4 Å². The fourth-order valence-corrected chi connectivity index (χ4v) is 1.95. The Bertz CT molecular complexity index is 485. The van der Waals surface area contributed by atoms with E-state index >= 15 is 0 Å². The molecule has 0 radical (unpaired) electrons. The summed E-state index contributed by atoms with van der Waals surface area (Å²) < 4.78 is 0. The number of nitrogens with one attached hydrogen (secondary N) is 2. The summed E-state index contributed by atoms with van der Waals surface area (Å²) >= 11 is 1.52. The van der Waals surface area contributed by atoms with Crippen LogP contribution < -0.4 is 16.4 Å². The third-order valence-corrected chi connectivity index (χ3v) is 2.94. The fraction of sp³-hybridized carbons (Fsp3) is 0.333. The summed E-state index contributed by atoms with van der Waals surface area (Å²) in [4.78, 5) is 23.0. The molecule has 0 aliphatic rings. The van der Waals surface area contributed by atoms with E-state index in [1.807, 2.05) is 11.4 Å². The number of amides is 2. The molecule has 0 bridgehead atoms. The second kappa shape index (κ2) is 7.48. The highest BCUT2D eigenvalue weighted by molar-refractivity contribution is 7.10. The lowest BCUT2D eigenvalue weighted by atomic mass is 10.2. The molecule has 0 atom stereocenters. The third-order valence-electron chi connectivity index (χ3n) is 2.01. The van der Waals surface area contributed by atoms with Gasteiger partial charge in [-0.15, -0.1) is 11.3 Å². The van der Waals surface area contributed by atoms with Gasteiger partial charge in [-0.1, -0.05) is 11.8 Å². The Kier molecular flexibility index (Phi) is 5.91. The van der Waals surface area contributed by atoms with Crippen LogP contribution in [-0.2, 0) is 16.1 Å². The Labute approximate surface area is 110 Å². The van der Waals surface area contributed by atoms with Gasteiger partial charge in [0, 0.05) is 17.4 Å². The number of rotatable bonds is 4. The van der Waals surface area contributed by atoms with Crippen LogP contribution in [0.5, 0.6) is 0 Å². The van der Waals surface area contributed by atoms with E-state index in [4.69, 9.17) is 5.73 Å². The van der Waals surface area contributed by atoms with Crippen LogP contribution in [-0.4, -0.2) is 24.9 Å². The molecule has 4 N–H and O–H groups in total. The molecule has 0 fully saturated rings. The van der Waals surface area contributed by atoms with E-state index < -0.39 is 0 Å². The first kappa shape index (κ1) is 14.2. The monoisotopic (exact) mass is 265 g/mol. The Morgan fingerprint density at radius 3 is 2.89 bits per heavy atom. The van der Waals surface area contributed by atoms with E-state index in [0.29, 0.717) is 13.1 Å². The summed E-state index contributed by atoms with van der Waals surface area (Å²) in [6, 6.07) is 1.89. The lowest BCUT2D eigenvalue weighted by Crippen LogP contribution is -2.35. The minimum atomic E-state index is -0.226. The van der Waals surface area contributed by atoms with Crippen LogP contribution in [0.1, 0.15) is 17.4 Å². The molecule has 0 spiro atoms. The number of nitrogens with two attached hydrogens (primary N) is 1. The van der Waals surface area contributed by atoms with Gasteiger partial charge >= 0.3 is 0 Å². The van der Waals surface area contributed by atoms with E-state index in [1.165, 1.54) is 18.3 Å². The molecule has 18 heavy (non-hydrogen) atoms. The molecule has 0 aliphatic heterocycles. The van der Waals surface area contributed by atoms with Crippen molar-refractivity contribution >= 4 is 23.2 Å². The molecule has 0 aliphatic carbocycles. The van der Waals surface area contributed by atoms with Gasteiger partial charge in [0.15, 0.2) is 0 Å². The predicted molar refractivity (Wildman–Crippen MR) is 70.8 cm³/mol. The zero-order chi connectivity index (χ0) is 13.4. The van der Waals surface area contributed by atoms with Crippen LogP contribution in [0.15, 0.2) is 11.4 Å². The van der Waals surface area contributed by atoms with Crippen molar-refractivity contribution in [1.29, 1.82) is 0 Å². The maximum Gasteiger partial charge on any atom is 0.239 e. The third kappa shape index (κ3) is 4.99. The van der Waals surface area contributed by atoms with Crippen LogP contribution in [0.25, 0.3) is 0 Å². The van der Waals surface area contributed by atoms with Crippen LogP contribution in [0.2, 0.25) is 0 Å². The molecule has 1 heterocycles. The molecular weight excluding hydrogens is 250 g/mol. The van der Waals surface area contributed by atoms with E-state index in [9.17, 15) is 9.59 Å². The highest BCUT2D eigenvalue weighted by Crippen LogP contribution is 2.15. The molecule has 0 saturated heterocycles. The molecule has 0 aromatic carbocycles. The number of hydrogen-bond donors (Lipinski definition) is 3. The van der Waals surface area contributed by atoms with Crippen LogP contribution in [0.4, 0.5) is 0 Å². The standard InChI is InChI=1S/C12H15N3O2S/c1-9(16)14-8-12(17)15-7-11-10(3-2-5-13)4-6-18-11/h4,6H,5,7-8,13H2,1H3,(H,14,16)(H,15,17). The minimum Gasteiger partial charge on any atom is -0.350 e. The van der Waals surface area contributed by atoms with Crippen LogP contribution >= 0.6 is 11.3 Å². The van der Waals surface area contributed by atoms with Gasteiger partial charge < -0.3 is 16.4 Å². The van der Waals surface area contributed by atoms with Crippen molar-refractivity contribution in [2.45, 2.75) is 13.5 Å². The van der Waals surface area contributed by atoms with Gasteiger partial charge in [-0.2, -0.15) is 0 Å². The Morgan fingerprint density at radius 2 is 2.22 bits per heavy atom. The van der Waals surface area contributed by atoms with Crippen LogP contribution in [0.3, 0.4) is 0 Å². The summed E-state index contributed by atoms with van der Waals surface area (Å²) in [6.07, 6.45) is 0. The highest BCUT2D eigenvalue weighted by Gasteiger charge is 2.05. The summed E-state index contributed by atoms with van der Waals surface area (Å²) in [5.74, 6) is 5.26. The minimum absolute atomic E-state index is 0.00940. The predicted octanol–water partition coefficient (Wildman–Crippen LogP) is -0.189. The topological polar surface area (TPSA) is 84.2 Å². The SMILES string of the molecule is CC(=O)NCC(=O)NCc1sccc1C#CCN. The quantitative estimate of drug-likeness (QED) is 0.660. The average Bonchev–Trinajstić information content (AvgIpc) is 2.78. The molecule has 1 aromatic rings. The normalized spacial score (nSPS) is 9.22. The number of carbonyl (C=O) groups is 2. The Hall–Kier alpha value is -1.84. The Balaban J connectivity index is 2.46. The summed E-state index contributed by atoms with van der Waals surface area (Å²) in [7, 11) is 0. The zero-order valence-corrected chi connectivity index (χ0v) is 10.9. The smallest absolute Gasteiger partial charge is 0.239 e. The van der Waals surface area contributed by atoms with E-state index in [1.54, 1.807) is 0 Å². The van der Waals surface area contributed by atoms with Gasteiger partial charge in [0.05, 0.1) is 19.6 Å².